The maximum atomic E-state index is 12.2. The maximum absolute atomic E-state index is 12.2. The lowest BCUT2D eigenvalue weighted by Gasteiger charge is -2.13. The Morgan fingerprint density at radius 2 is 2.19 bits per heavy atom. The van der Waals surface area contributed by atoms with Crippen molar-refractivity contribution in [3.8, 4) is 11.1 Å². The summed E-state index contributed by atoms with van der Waals surface area (Å²) < 4.78 is 0. The highest BCUT2D eigenvalue weighted by atomic mass is 16.3. The number of allylic oxidation sites excluding steroid dienone is 3. The fourth-order valence-corrected chi connectivity index (χ4v) is 2.97. The second-order valence-electron chi connectivity index (χ2n) is 6.09. The minimum atomic E-state index is -0.221. The van der Waals surface area contributed by atoms with E-state index < -0.39 is 0 Å². The first-order valence-electron chi connectivity index (χ1n) is 8.51. The Hall–Kier alpha value is -3.12. The first-order chi connectivity index (χ1) is 12.6. The Balaban J connectivity index is 1.99. The third-order valence-electron chi connectivity index (χ3n) is 4.23. The van der Waals surface area contributed by atoms with Crippen LogP contribution in [0.4, 0.5) is 5.69 Å². The van der Waals surface area contributed by atoms with Crippen molar-refractivity contribution >= 4 is 17.4 Å². The SMILES string of the molecule is NCCCC(=O)Nc1cccc(-c2c[nH]c(=O)c3c2C(O)=CC=CC3)c1. The largest absolute Gasteiger partial charge is 0.507 e. The lowest BCUT2D eigenvalue weighted by molar-refractivity contribution is -0.116. The highest BCUT2D eigenvalue weighted by molar-refractivity contribution is 5.92. The Labute approximate surface area is 151 Å². The van der Waals surface area contributed by atoms with Gasteiger partial charge >= 0.3 is 0 Å². The molecule has 0 saturated carbocycles. The number of pyridine rings is 1. The molecule has 1 aliphatic carbocycles. The summed E-state index contributed by atoms with van der Waals surface area (Å²) in [7, 11) is 0. The lowest BCUT2D eigenvalue weighted by Crippen LogP contribution is -2.15. The van der Waals surface area contributed by atoms with Crippen LogP contribution in [0.5, 0.6) is 0 Å². The van der Waals surface area contributed by atoms with E-state index in [0.29, 0.717) is 48.2 Å². The van der Waals surface area contributed by atoms with Crippen LogP contribution in [-0.2, 0) is 11.2 Å². The van der Waals surface area contributed by atoms with Gasteiger partial charge in [0.15, 0.2) is 0 Å². The summed E-state index contributed by atoms with van der Waals surface area (Å²) in [6, 6.07) is 7.31. The molecule has 0 fully saturated rings. The highest BCUT2D eigenvalue weighted by Gasteiger charge is 2.18. The van der Waals surface area contributed by atoms with Crippen LogP contribution >= 0.6 is 0 Å². The number of anilines is 1. The molecular weight excluding hydrogens is 330 g/mol. The molecule has 0 saturated heterocycles. The zero-order valence-corrected chi connectivity index (χ0v) is 14.3. The average molecular weight is 351 g/mol. The molecule has 1 heterocycles. The monoisotopic (exact) mass is 351 g/mol. The zero-order valence-electron chi connectivity index (χ0n) is 14.3. The van der Waals surface area contributed by atoms with Gasteiger partial charge in [-0.3, -0.25) is 9.59 Å². The molecule has 1 aromatic heterocycles. The van der Waals surface area contributed by atoms with Crippen molar-refractivity contribution in [2.75, 3.05) is 11.9 Å². The van der Waals surface area contributed by atoms with E-state index in [0.717, 1.165) is 5.56 Å². The van der Waals surface area contributed by atoms with Gasteiger partial charge in [-0.1, -0.05) is 24.3 Å². The summed E-state index contributed by atoms with van der Waals surface area (Å²) in [5.41, 5.74) is 8.39. The Kier molecular flexibility index (Phi) is 5.34. The second-order valence-corrected chi connectivity index (χ2v) is 6.09. The first-order valence-corrected chi connectivity index (χ1v) is 8.51. The minimum absolute atomic E-state index is 0.0484. The molecule has 0 radical (unpaired) electrons. The number of H-pyrrole nitrogens is 1. The number of nitrogens with two attached hydrogens (primary N) is 1. The molecule has 1 aromatic carbocycles. The van der Waals surface area contributed by atoms with Crippen LogP contribution in [0.25, 0.3) is 16.9 Å². The molecule has 0 bridgehead atoms. The van der Waals surface area contributed by atoms with Crippen molar-refractivity contribution in [3.05, 3.63) is 70.2 Å². The van der Waals surface area contributed by atoms with E-state index in [4.69, 9.17) is 5.73 Å². The Morgan fingerprint density at radius 1 is 1.35 bits per heavy atom. The van der Waals surface area contributed by atoms with E-state index >= 15 is 0 Å². The standard InChI is InChI=1S/C20H21N3O3/c21-10-4-9-18(25)23-14-6-3-5-13(11-14)16-12-22-20(26)15-7-1-2-8-17(24)19(15)16/h1-3,5-6,8,11-12,24H,4,7,9-10,21H2,(H,22,26)(H,23,25). The number of benzene rings is 1. The quantitative estimate of drug-likeness (QED) is 0.664. The van der Waals surface area contributed by atoms with Crippen molar-refractivity contribution in [3.63, 3.8) is 0 Å². The van der Waals surface area contributed by atoms with Crippen molar-refractivity contribution in [1.82, 2.24) is 4.98 Å². The van der Waals surface area contributed by atoms with Crippen LogP contribution in [0.3, 0.4) is 0 Å². The number of aliphatic hydroxyl groups is 1. The lowest BCUT2D eigenvalue weighted by atomic mass is 9.95. The Morgan fingerprint density at radius 3 is 3.00 bits per heavy atom. The number of aromatic nitrogens is 1. The molecule has 0 aliphatic heterocycles. The van der Waals surface area contributed by atoms with Gasteiger partial charge in [-0.2, -0.15) is 0 Å². The number of carbonyl (C=O) groups is 1. The van der Waals surface area contributed by atoms with E-state index in [-0.39, 0.29) is 17.2 Å². The fourth-order valence-electron chi connectivity index (χ4n) is 2.97. The molecule has 5 N–H and O–H groups in total. The molecule has 3 rings (SSSR count). The molecule has 1 aliphatic rings. The van der Waals surface area contributed by atoms with E-state index in [1.54, 1.807) is 24.4 Å². The third kappa shape index (κ3) is 3.75. The number of carbonyl (C=O) groups excluding carboxylic acids is 1. The molecule has 0 spiro atoms. The molecule has 2 aromatic rings. The normalized spacial score (nSPS) is 12.9. The smallest absolute Gasteiger partial charge is 0.252 e. The number of aliphatic hydroxyl groups excluding tert-OH is 1. The zero-order chi connectivity index (χ0) is 18.5. The molecule has 0 atom stereocenters. The van der Waals surface area contributed by atoms with Gasteiger partial charge in [-0.25, -0.2) is 0 Å². The fraction of sp³-hybridized carbons (Fsp3) is 0.200. The van der Waals surface area contributed by atoms with Gasteiger partial charge < -0.3 is 21.1 Å². The molecular formula is C20H21N3O3. The van der Waals surface area contributed by atoms with Crippen LogP contribution in [0.1, 0.15) is 24.0 Å². The van der Waals surface area contributed by atoms with Gasteiger partial charge in [0.05, 0.1) is 0 Å². The minimum Gasteiger partial charge on any atom is -0.507 e. The van der Waals surface area contributed by atoms with Gasteiger partial charge in [0.25, 0.3) is 5.56 Å². The number of rotatable bonds is 5. The summed E-state index contributed by atoms with van der Waals surface area (Å²) in [6.07, 6.45) is 8.16. The van der Waals surface area contributed by atoms with Gasteiger partial charge in [-0.05, 0) is 43.2 Å². The number of hydrogen-bond donors (Lipinski definition) is 4. The van der Waals surface area contributed by atoms with E-state index in [9.17, 15) is 14.7 Å². The number of hydrogen-bond acceptors (Lipinski definition) is 4. The molecule has 6 heteroatoms. The predicted octanol–water partition coefficient (Wildman–Crippen LogP) is 2.73. The van der Waals surface area contributed by atoms with Crippen molar-refractivity contribution in [1.29, 1.82) is 0 Å². The summed E-state index contributed by atoms with van der Waals surface area (Å²) in [5.74, 6) is -0.0490. The average Bonchev–Trinajstić information content (AvgIpc) is 2.83. The van der Waals surface area contributed by atoms with Crippen LogP contribution in [0.2, 0.25) is 0 Å². The predicted molar refractivity (Wildman–Crippen MR) is 103 cm³/mol. The number of nitrogens with one attached hydrogen (secondary N) is 2. The summed E-state index contributed by atoms with van der Waals surface area (Å²) in [4.78, 5) is 26.8. The number of aromatic amines is 1. The van der Waals surface area contributed by atoms with E-state index in [1.807, 2.05) is 24.3 Å². The van der Waals surface area contributed by atoms with Gasteiger partial charge in [0, 0.05) is 35.0 Å². The molecule has 0 unspecified atom stereocenters. The van der Waals surface area contributed by atoms with Crippen LogP contribution in [-0.4, -0.2) is 22.5 Å². The van der Waals surface area contributed by atoms with E-state index in [2.05, 4.69) is 10.3 Å². The van der Waals surface area contributed by atoms with Crippen molar-refractivity contribution < 1.29 is 9.90 Å². The molecule has 1 amide bonds. The van der Waals surface area contributed by atoms with Crippen LogP contribution in [0, 0.1) is 0 Å². The van der Waals surface area contributed by atoms with Gasteiger partial charge in [-0.15, -0.1) is 0 Å². The second kappa shape index (κ2) is 7.84. The van der Waals surface area contributed by atoms with Crippen molar-refractivity contribution in [2.45, 2.75) is 19.3 Å². The number of fused-ring (bicyclic) bond motifs is 1. The van der Waals surface area contributed by atoms with Crippen LogP contribution < -0.4 is 16.6 Å². The molecule has 6 nitrogen and oxygen atoms in total. The highest BCUT2D eigenvalue weighted by Crippen LogP contribution is 2.31. The molecule has 26 heavy (non-hydrogen) atoms. The molecule has 134 valence electrons. The Bertz CT molecular complexity index is 942. The maximum Gasteiger partial charge on any atom is 0.252 e. The summed E-state index contributed by atoms with van der Waals surface area (Å²) in [6.45, 7) is 0.469. The van der Waals surface area contributed by atoms with Gasteiger partial charge in [0.1, 0.15) is 5.76 Å². The third-order valence-corrected chi connectivity index (χ3v) is 4.23. The van der Waals surface area contributed by atoms with Crippen molar-refractivity contribution in [2.24, 2.45) is 5.73 Å². The number of amides is 1. The topological polar surface area (TPSA) is 108 Å². The van der Waals surface area contributed by atoms with E-state index in [1.165, 1.54) is 0 Å². The van der Waals surface area contributed by atoms with Crippen LogP contribution in [0.15, 0.2) is 53.5 Å². The van der Waals surface area contributed by atoms with Gasteiger partial charge in [0.2, 0.25) is 5.91 Å². The summed E-state index contributed by atoms with van der Waals surface area (Å²) >= 11 is 0. The summed E-state index contributed by atoms with van der Waals surface area (Å²) in [5, 5.41) is 13.2. The first kappa shape index (κ1) is 17.7.